The van der Waals surface area contributed by atoms with Crippen molar-refractivity contribution in [3.05, 3.63) is 29.8 Å². The van der Waals surface area contributed by atoms with Gasteiger partial charge in [-0.3, -0.25) is 4.90 Å². The van der Waals surface area contributed by atoms with Crippen molar-refractivity contribution >= 4 is 0 Å². The van der Waals surface area contributed by atoms with Crippen LogP contribution in [0, 0.1) is 0 Å². The molecule has 0 radical (unpaired) electrons. The van der Waals surface area contributed by atoms with E-state index in [1.807, 2.05) is 12.1 Å². The molecule has 0 aromatic heterocycles. The molecule has 0 aliphatic rings. The molecule has 0 saturated heterocycles. The van der Waals surface area contributed by atoms with Gasteiger partial charge in [0.2, 0.25) is 0 Å². The van der Waals surface area contributed by atoms with Crippen molar-refractivity contribution in [3.63, 3.8) is 0 Å². The molecule has 3 nitrogen and oxygen atoms in total. The minimum atomic E-state index is 0.109. The molecular weight excluding hydrogens is 248 g/mol. The lowest BCUT2D eigenvalue weighted by molar-refractivity contribution is 0.0805. The predicted molar refractivity (Wildman–Crippen MR) is 86.1 cm³/mol. The average Bonchev–Trinajstić information content (AvgIpc) is 2.47. The predicted octanol–water partition coefficient (Wildman–Crippen LogP) is 3.59. The topological polar surface area (TPSA) is 38.5 Å². The lowest BCUT2D eigenvalue weighted by atomic mass is 9.90. The molecule has 0 fully saturated rings. The van der Waals surface area contributed by atoms with Crippen LogP contribution < -0.4 is 10.5 Å². The maximum atomic E-state index is 6.41. The summed E-state index contributed by atoms with van der Waals surface area (Å²) in [7, 11) is 3.87. The molecule has 2 unspecified atom stereocenters. The fourth-order valence-corrected chi connectivity index (χ4v) is 2.43. The van der Waals surface area contributed by atoms with E-state index in [0.29, 0.717) is 0 Å². The van der Waals surface area contributed by atoms with Gasteiger partial charge in [-0.1, -0.05) is 26.0 Å². The third-order valence-corrected chi connectivity index (χ3v) is 4.55. The minimum absolute atomic E-state index is 0.109. The number of nitrogens with zero attached hydrogens (tertiary/aromatic N) is 1. The van der Waals surface area contributed by atoms with Crippen LogP contribution in [0.15, 0.2) is 24.3 Å². The monoisotopic (exact) mass is 278 g/mol. The normalized spacial score (nSPS) is 15.2. The van der Waals surface area contributed by atoms with Crippen molar-refractivity contribution in [2.45, 2.75) is 58.2 Å². The Labute approximate surface area is 124 Å². The van der Waals surface area contributed by atoms with Crippen molar-refractivity contribution in [1.82, 2.24) is 4.90 Å². The summed E-state index contributed by atoms with van der Waals surface area (Å²) in [5, 5.41) is 0. The molecule has 0 bridgehead atoms. The first-order valence-electron chi connectivity index (χ1n) is 7.49. The summed E-state index contributed by atoms with van der Waals surface area (Å²) in [6.07, 6.45) is 2.03. The molecule has 0 spiro atoms. The molecule has 1 rings (SSSR count). The van der Waals surface area contributed by atoms with Crippen LogP contribution in [0.2, 0.25) is 0 Å². The van der Waals surface area contributed by atoms with E-state index < -0.39 is 0 Å². The molecule has 1 aromatic rings. The van der Waals surface area contributed by atoms with E-state index >= 15 is 0 Å². The van der Waals surface area contributed by atoms with E-state index in [-0.39, 0.29) is 17.6 Å². The number of ether oxygens (including phenoxy) is 1. The Morgan fingerprint density at radius 3 is 2.45 bits per heavy atom. The van der Waals surface area contributed by atoms with E-state index in [4.69, 9.17) is 10.5 Å². The molecule has 3 heteroatoms. The van der Waals surface area contributed by atoms with Gasteiger partial charge in [-0.05, 0) is 51.4 Å². The molecule has 1 aromatic carbocycles. The minimum Gasteiger partial charge on any atom is -0.497 e. The highest BCUT2D eigenvalue weighted by molar-refractivity contribution is 5.31. The van der Waals surface area contributed by atoms with Gasteiger partial charge >= 0.3 is 0 Å². The van der Waals surface area contributed by atoms with Gasteiger partial charge in [-0.2, -0.15) is 0 Å². The summed E-state index contributed by atoms with van der Waals surface area (Å²) in [5.41, 5.74) is 7.75. The van der Waals surface area contributed by atoms with E-state index in [1.54, 1.807) is 7.11 Å². The molecule has 0 aliphatic carbocycles. The van der Waals surface area contributed by atoms with E-state index in [9.17, 15) is 0 Å². The first kappa shape index (κ1) is 17.0. The molecule has 0 saturated carbocycles. The average molecular weight is 278 g/mol. The maximum Gasteiger partial charge on any atom is 0.119 e. The Kier molecular flexibility index (Phi) is 6.03. The largest absolute Gasteiger partial charge is 0.497 e. The third-order valence-electron chi connectivity index (χ3n) is 4.55. The van der Waals surface area contributed by atoms with Crippen LogP contribution in [0.3, 0.4) is 0 Å². The van der Waals surface area contributed by atoms with Crippen molar-refractivity contribution in [2.75, 3.05) is 14.2 Å². The van der Waals surface area contributed by atoms with Gasteiger partial charge in [0, 0.05) is 11.6 Å². The zero-order valence-electron chi connectivity index (χ0n) is 13.8. The van der Waals surface area contributed by atoms with Gasteiger partial charge in [0.1, 0.15) is 5.75 Å². The second-order valence-corrected chi connectivity index (χ2v) is 6.07. The van der Waals surface area contributed by atoms with Gasteiger partial charge in [-0.25, -0.2) is 0 Å². The van der Waals surface area contributed by atoms with Crippen molar-refractivity contribution in [2.24, 2.45) is 5.73 Å². The summed E-state index contributed by atoms with van der Waals surface area (Å²) >= 11 is 0. The van der Waals surface area contributed by atoms with Crippen molar-refractivity contribution in [3.8, 4) is 5.75 Å². The van der Waals surface area contributed by atoms with Crippen LogP contribution in [0.1, 0.15) is 52.1 Å². The fourth-order valence-electron chi connectivity index (χ4n) is 2.43. The summed E-state index contributed by atoms with van der Waals surface area (Å²) in [4.78, 5) is 2.40. The molecule has 2 N–H and O–H groups in total. The number of hydrogen-bond donors (Lipinski definition) is 1. The SMILES string of the molecule is CCC(N)C(c1cccc(OC)c1)N(C)C(C)(C)CC. The second-order valence-electron chi connectivity index (χ2n) is 6.07. The Balaban J connectivity index is 3.18. The van der Waals surface area contributed by atoms with Crippen LogP contribution >= 0.6 is 0 Å². The third kappa shape index (κ3) is 3.74. The van der Waals surface area contributed by atoms with Gasteiger partial charge in [-0.15, -0.1) is 0 Å². The summed E-state index contributed by atoms with van der Waals surface area (Å²) in [6.45, 7) is 8.90. The smallest absolute Gasteiger partial charge is 0.119 e. The van der Waals surface area contributed by atoms with Crippen LogP contribution in [0.5, 0.6) is 5.75 Å². The van der Waals surface area contributed by atoms with E-state index in [2.05, 4.69) is 51.8 Å². The zero-order chi connectivity index (χ0) is 15.3. The number of nitrogens with two attached hydrogens (primary N) is 1. The van der Waals surface area contributed by atoms with Gasteiger partial charge in [0.05, 0.1) is 13.2 Å². The molecule has 0 amide bonds. The van der Waals surface area contributed by atoms with Crippen molar-refractivity contribution < 1.29 is 4.74 Å². The number of benzene rings is 1. The lowest BCUT2D eigenvalue weighted by Gasteiger charge is -2.43. The molecular formula is C17H30N2O. The summed E-state index contributed by atoms with van der Waals surface area (Å²) in [5.74, 6) is 0.888. The Bertz CT molecular complexity index is 417. The van der Waals surface area contributed by atoms with Crippen LogP contribution in [0.25, 0.3) is 0 Å². The Morgan fingerprint density at radius 2 is 1.95 bits per heavy atom. The number of methoxy groups -OCH3 is 1. The molecule has 2 atom stereocenters. The lowest BCUT2D eigenvalue weighted by Crippen LogP contribution is -2.48. The summed E-state index contributed by atoms with van der Waals surface area (Å²) < 4.78 is 5.35. The number of likely N-dealkylation sites (N-methyl/N-ethyl adjacent to an activating group) is 1. The molecule has 0 aliphatic heterocycles. The van der Waals surface area contributed by atoms with Gasteiger partial charge in [0.25, 0.3) is 0 Å². The zero-order valence-corrected chi connectivity index (χ0v) is 13.8. The van der Waals surface area contributed by atoms with Crippen LogP contribution in [-0.4, -0.2) is 30.6 Å². The van der Waals surface area contributed by atoms with Crippen LogP contribution in [-0.2, 0) is 0 Å². The van der Waals surface area contributed by atoms with Crippen LogP contribution in [0.4, 0.5) is 0 Å². The highest BCUT2D eigenvalue weighted by Crippen LogP contribution is 2.32. The Morgan fingerprint density at radius 1 is 1.30 bits per heavy atom. The number of rotatable bonds is 7. The maximum absolute atomic E-state index is 6.41. The molecule has 114 valence electrons. The molecule has 20 heavy (non-hydrogen) atoms. The van der Waals surface area contributed by atoms with Crippen molar-refractivity contribution in [1.29, 1.82) is 0 Å². The second kappa shape index (κ2) is 7.09. The highest BCUT2D eigenvalue weighted by Gasteiger charge is 2.32. The quantitative estimate of drug-likeness (QED) is 0.828. The van der Waals surface area contributed by atoms with Gasteiger partial charge < -0.3 is 10.5 Å². The first-order valence-corrected chi connectivity index (χ1v) is 7.49. The summed E-state index contributed by atoms with van der Waals surface area (Å²) in [6, 6.07) is 8.56. The van der Waals surface area contributed by atoms with E-state index in [1.165, 1.54) is 5.56 Å². The standard InChI is InChI=1S/C17H30N2O/c1-7-15(18)16(19(5)17(3,4)8-2)13-10-9-11-14(12-13)20-6/h9-12,15-16H,7-8,18H2,1-6H3. The Hall–Kier alpha value is -1.06. The van der Waals surface area contributed by atoms with Gasteiger partial charge in [0.15, 0.2) is 0 Å². The first-order chi connectivity index (χ1) is 9.37. The highest BCUT2D eigenvalue weighted by atomic mass is 16.5. The van der Waals surface area contributed by atoms with E-state index in [0.717, 1.165) is 18.6 Å². The molecule has 0 heterocycles. The number of hydrogen-bond acceptors (Lipinski definition) is 3. The fraction of sp³-hybridized carbons (Fsp3) is 0.647.